The summed E-state index contributed by atoms with van der Waals surface area (Å²) in [4.78, 5) is 2.30. The normalized spacial score (nSPS) is 42.8. The Morgan fingerprint density at radius 2 is 2.00 bits per heavy atom. The van der Waals surface area contributed by atoms with Crippen LogP contribution in [0.25, 0.3) is 0 Å². The lowest BCUT2D eigenvalue weighted by atomic mass is 10.2. The van der Waals surface area contributed by atoms with E-state index in [-0.39, 0.29) is 6.10 Å². The van der Waals surface area contributed by atoms with Crippen molar-refractivity contribution in [1.82, 2.24) is 4.90 Å². The Kier molecular flexibility index (Phi) is 2.10. The van der Waals surface area contributed by atoms with Crippen molar-refractivity contribution >= 4 is 0 Å². The largest absolute Gasteiger partial charge is 0.396 e. The molecule has 2 N–H and O–H groups in total. The quantitative estimate of drug-likeness (QED) is 0.604. The van der Waals surface area contributed by atoms with Gasteiger partial charge in [0, 0.05) is 26.2 Å². The highest BCUT2D eigenvalue weighted by atomic mass is 16.3. The molecule has 12 heavy (non-hydrogen) atoms. The lowest BCUT2D eigenvalue weighted by Gasteiger charge is -2.20. The van der Waals surface area contributed by atoms with E-state index in [1.807, 2.05) is 6.92 Å². The third-order valence-electron chi connectivity index (χ3n) is 3.18. The highest BCUT2D eigenvalue weighted by Gasteiger charge is 2.54. The van der Waals surface area contributed by atoms with Crippen molar-refractivity contribution in [1.29, 1.82) is 0 Å². The summed E-state index contributed by atoms with van der Waals surface area (Å²) in [6.07, 6.45) is -0.213. The van der Waals surface area contributed by atoms with Gasteiger partial charge in [-0.1, -0.05) is 0 Å². The van der Waals surface area contributed by atoms with Gasteiger partial charge in [-0.3, -0.25) is 0 Å². The molecule has 0 aromatic rings. The molecule has 1 saturated carbocycles. The van der Waals surface area contributed by atoms with E-state index in [9.17, 15) is 0 Å². The fourth-order valence-corrected chi connectivity index (χ4v) is 2.53. The van der Waals surface area contributed by atoms with Gasteiger partial charge in [-0.2, -0.15) is 0 Å². The van der Waals surface area contributed by atoms with Crippen molar-refractivity contribution in [2.24, 2.45) is 17.8 Å². The van der Waals surface area contributed by atoms with Gasteiger partial charge in [0.2, 0.25) is 0 Å². The molecule has 2 rings (SSSR count). The van der Waals surface area contributed by atoms with Gasteiger partial charge in [-0.15, -0.1) is 0 Å². The summed E-state index contributed by atoms with van der Waals surface area (Å²) in [7, 11) is 0. The molecule has 0 spiro atoms. The van der Waals surface area contributed by atoms with E-state index in [2.05, 4.69) is 4.90 Å². The Labute approximate surface area is 73.0 Å². The van der Waals surface area contributed by atoms with Crippen LogP contribution in [-0.4, -0.2) is 47.5 Å². The average Bonchev–Trinajstić information content (AvgIpc) is 2.45. The maximum absolute atomic E-state index is 9.15. The van der Waals surface area contributed by atoms with Crippen LogP contribution in [0.2, 0.25) is 0 Å². The van der Waals surface area contributed by atoms with Crippen LogP contribution in [0.15, 0.2) is 0 Å². The van der Waals surface area contributed by atoms with Crippen LogP contribution in [0.4, 0.5) is 0 Å². The zero-order valence-electron chi connectivity index (χ0n) is 7.48. The van der Waals surface area contributed by atoms with E-state index in [0.29, 0.717) is 12.5 Å². The number of β-amino-alcohol motifs (C(OH)–C–C–N with tert-alkyl or cyclic N) is 1. The summed E-state index contributed by atoms with van der Waals surface area (Å²) in [5.41, 5.74) is 0. The molecule has 1 heterocycles. The van der Waals surface area contributed by atoms with E-state index in [4.69, 9.17) is 10.2 Å². The molecule has 3 nitrogen and oxygen atoms in total. The molecule has 0 aromatic carbocycles. The number of aliphatic hydroxyl groups is 2. The molecule has 3 heteroatoms. The Bertz CT molecular complexity index is 160. The molecule has 1 aliphatic heterocycles. The Hall–Kier alpha value is -0.120. The summed E-state index contributed by atoms with van der Waals surface area (Å²) in [5.74, 6) is 2.04. The van der Waals surface area contributed by atoms with E-state index in [0.717, 1.165) is 31.5 Å². The van der Waals surface area contributed by atoms with Gasteiger partial charge < -0.3 is 15.1 Å². The Balaban J connectivity index is 1.75. The van der Waals surface area contributed by atoms with Gasteiger partial charge in [-0.25, -0.2) is 0 Å². The fraction of sp³-hybridized carbons (Fsp3) is 1.00. The highest BCUT2D eigenvalue weighted by molar-refractivity contribution is 5.04. The van der Waals surface area contributed by atoms with Gasteiger partial charge in [0.15, 0.2) is 0 Å². The predicted molar refractivity (Wildman–Crippen MR) is 45.7 cm³/mol. The number of likely N-dealkylation sites (tertiary alicyclic amines) is 1. The van der Waals surface area contributed by atoms with Gasteiger partial charge in [0.25, 0.3) is 0 Å². The van der Waals surface area contributed by atoms with Crippen molar-refractivity contribution in [2.75, 3.05) is 26.2 Å². The van der Waals surface area contributed by atoms with Gasteiger partial charge in [0.05, 0.1) is 6.10 Å². The zero-order chi connectivity index (χ0) is 8.72. The first kappa shape index (κ1) is 8.48. The minimum absolute atomic E-state index is 0.213. The molecular weight excluding hydrogens is 154 g/mol. The molecule has 1 aliphatic carbocycles. The number of fused-ring (bicyclic) bond motifs is 1. The molecule has 2 unspecified atom stereocenters. The van der Waals surface area contributed by atoms with Crippen molar-refractivity contribution in [3.63, 3.8) is 0 Å². The molecule has 1 saturated heterocycles. The minimum atomic E-state index is -0.213. The molecule has 4 atom stereocenters. The zero-order valence-corrected chi connectivity index (χ0v) is 7.48. The average molecular weight is 171 g/mol. The van der Waals surface area contributed by atoms with Crippen LogP contribution in [-0.2, 0) is 0 Å². The fourth-order valence-electron chi connectivity index (χ4n) is 2.53. The molecule has 70 valence electrons. The summed E-state index contributed by atoms with van der Waals surface area (Å²) in [6, 6.07) is 0. The summed E-state index contributed by atoms with van der Waals surface area (Å²) >= 11 is 0. The number of rotatable bonds is 3. The van der Waals surface area contributed by atoms with E-state index in [1.54, 1.807) is 0 Å². The molecule has 0 amide bonds. The van der Waals surface area contributed by atoms with E-state index in [1.165, 1.54) is 0 Å². The maximum atomic E-state index is 9.15. The second-order valence-electron chi connectivity index (χ2n) is 4.24. The minimum Gasteiger partial charge on any atom is -0.396 e. The van der Waals surface area contributed by atoms with Crippen LogP contribution in [0, 0.1) is 17.8 Å². The number of piperidine rings is 1. The van der Waals surface area contributed by atoms with Crippen molar-refractivity contribution in [3.05, 3.63) is 0 Å². The standard InChI is InChI=1S/C9H17NO2/c1-6(12)2-10-3-7-8(4-10)9(7)5-11/h6-9,11-12H,2-5H2,1H3/t6?,7-,8+,9?. The van der Waals surface area contributed by atoms with Crippen LogP contribution in [0.1, 0.15) is 6.92 Å². The second kappa shape index (κ2) is 2.98. The van der Waals surface area contributed by atoms with E-state index >= 15 is 0 Å². The summed E-state index contributed by atoms with van der Waals surface area (Å²) in [6.45, 7) is 5.15. The first-order chi connectivity index (χ1) is 5.72. The van der Waals surface area contributed by atoms with Crippen LogP contribution < -0.4 is 0 Å². The highest BCUT2D eigenvalue weighted by Crippen LogP contribution is 2.51. The van der Waals surface area contributed by atoms with Gasteiger partial charge in [-0.05, 0) is 24.7 Å². The Morgan fingerprint density at radius 1 is 1.42 bits per heavy atom. The first-order valence-corrected chi connectivity index (χ1v) is 4.73. The van der Waals surface area contributed by atoms with Crippen molar-refractivity contribution in [2.45, 2.75) is 13.0 Å². The third kappa shape index (κ3) is 1.37. The molecule has 0 aromatic heterocycles. The van der Waals surface area contributed by atoms with Crippen LogP contribution in [0.3, 0.4) is 0 Å². The second-order valence-corrected chi connectivity index (χ2v) is 4.24. The van der Waals surface area contributed by atoms with E-state index < -0.39 is 0 Å². The van der Waals surface area contributed by atoms with Crippen LogP contribution >= 0.6 is 0 Å². The predicted octanol–water partition coefficient (Wildman–Crippen LogP) is -0.463. The summed E-state index contributed by atoms with van der Waals surface area (Å²) in [5, 5.41) is 18.1. The van der Waals surface area contributed by atoms with Crippen molar-refractivity contribution < 1.29 is 10.2 Å². The molecule has 2 fully saturated rings. The third-order valence-corrected chi connectivity index (χ3v) is 3.18. The van der Waals surface area contributed by atoms with Crippen molar-refractivity contribution in [3.8, 4) is 0 Å². The first-order valence-electron chi connectivity index (χ1n) is 4.73. The summed E-state index contributed by atoms with van der Waals surface area (Å²) < 4.78 is 0. The molecule has 2 aliphatic rings. The van der Waals surface area contributed by atoms with Gasteiger partial charge >= 0.3 is 0 Å². The molecule has 0 bridgehead atoms. The van der Waals surface area contributed by atoms with Crippen LogP contribution in [0.5, 0.6) is 0 Å². The number of aliphatic hydroxyl groups excluding tert-OH is 2. The topological polar surface area (TPSA) is 43.7 Å². The number of hydrogen-bond acceptors (Lipinski definition) is 3. The lowest BCUT2D eigenvalue weighted by molar-refractivity contribution is 0.126. The Morgan fingerprint density at radius 3 is 2.42 bits per heavy atom. The maximum Gasteiger partial charge on any atom is 0.0639 e. The monoisotopic (exact) mass is 171 g/mol. The lowest BCUT2D eigenvalue weighted by Crippen LogP contribution is -2.31. The van der Waals surface area contributed by atoms with Gasteiger partial charge in [0.1, 0.15) is 0 Å². The number of hydrogen-bond donors (Lipinski definition) is 2. The molecular formula is C9H17NO2. The smallest absolute Gasteiger partial charge is 0.0639 e. The molecule has 0 radical (unpaired) electrons. The SMILES string of the molecule is CC(O)CN1C[C@@H]2C(CO)[C@@H]2C1. The number of nitrogens with zero attached hydrogens (tertiary/aromatic N) is 1.